The van der Waals surface area contributed by atoms with E-state index < -0.39 is 9.84 Å². The van der Waals surface area contributed by atoms with Crippen molar-refractivity contribution < 1.29 is 13.2 Å². The summed E-state index contributed by atoms with van der Waals surface area (Å²) < 4.78 is 23.0. The largest absolute Gasteiger partial charge is 0.348 e. The van der Waals surface area contributed by atoms with Crippen LogP contribution in [0.3, 0.4) is 0 Å². The molecular formula is C18H19N5O3S. The Bertz CT molecular complexity index is 1030. The molecule has 8 nitrogen and oxygen atoms in total. The van der Waals surface area contributed by atoms with Crippen molar-refractivity contribution in [2.24, 2.45) is 0 Å². The van der Waals surface area contributed by atoms with Crippen LogP contribution in [0.25, 0.3) is 11.4 Å². The van der Waals surface area contributed by atoms with Crippen LogP contribution in [0, 0.1) is 0 Å². The number of sulfone groups is 1. The number of aromatic nitrogens is 4. The van der Waals surface area contributed by atoms with Gasteiger partial charge in [0, 0.05) is 11.8 Å². The summed E-state index contributed by atoms with van der Waals surface area (Å²) in [7, 11) is -3.24. The van der Waals surface area contributed by atoms with Gasteiger partial charge < -0.3 is 5.32 Å². The fraction of sp³-hybridized carbons (Fsp3) is 0.222. The van der Waals surface area contributed by atoms with Gasteiger partial charge in [0.1, 0.15) is 6.54 Å². The first-order chi connectivity index (χ1) is 12.8. The van der Waals surface area contributed by atoms with Crippen molar-refractivity contribution >= 4 is 15.7 Å². The van der Waals surface area contributed by atoms with Crippen molar-refractivity contribution in [1.82, 2.24) is 25.5 Å². The average Bonchev–Trinajstić information content (AvgIpc) is 3.10. The summed E-state index contributed by atoms with van der Waals surface area (Å²) in [6.45, 7) is 1.75. The van der Waals surface area contributed by atoms with Crippen LogP contribution in [0.15, 0.2) is 59.5 Å². The predicted octanol–water partition coefficient (Wildman–Crippen LogP) is 1.62. The highest BCUT2D eigenvalue weighted by molar-refractivity contribution is 7.90. The third-order valence-corrected chi connectivity index (χ3v) is 5.08. The molecule has 1 heterocycles. The lowest BCUT2D eigenvalue weighted by molar-refractivity contribution is -0.122. The molecule has 1 atom stereocenters. The Labute approximate surface area is 157 Å². The van der Waals surface area contributed by atoms with Crippen molar-refractivity contribution in [1.29, 1.82) is 0 Å². The molecular weight excluding hydrogens is 366 g/mol. The van der Waals surface area contributed by atoms with Crippen LogP contribution in [0.2, 0.25) is 0 Å². The van der Waals surface area contributed by atoms with E-state index >= 15 is 0 Å². The second-order valence-corrected chi connectivity index (χ2v) is 8.16. The molecule has 0 fully saturated rings. The zero-order valence-corrected chi connectivity index (χ0v) is 15.7. The molecule has 0 radical (unpaired) electrons. The number of hydrogen-bond acceptors (Lipinski definition) is 6. The number of nitrogens with one attached hydrogen (secondary N) is 1. The van der Waals surface area contributed by atoms with E-state index in [0.717, 1.165) is 17.4 Å². The second kappa shape index (κ2) is 7.67. The van der Waals surface area contributed by atoms with Gasteiger partial charge in [0.15, 0.2) is 9.84 Å². The fourth-order valence-corrected chi connectivity index (χ4v) is 3.15. The summed E-state index contributed by atoms with van der Waals surface area (Å²) >= 11 is 0. The Morgan fingerprint density at radius 2 is 1.78 bits per heavy atom. The zero-order chi connectivity index (χ0) is 19.4. The maximum absolute atomic E-state index is 12.2. The molecule has 1 aromatic heterocycles. The molecule has 9 heteroatoms. The van der Waals surface area contributed by atoms with E-state index in [2.05, 4.69) is 20.7 Å². The third-order valence-electron chi connectivity index (χ3n) is 3.96. The lowest BCUT2D eigenvalue weighted by Crippen LogP contribution is -2.30. The number of amides is 1. The number of carbonyl (C=O) groups excluding carboxylic acids is 1. The predicted molar refractivity (Wildman–Crippen MR) is 99.4 cm³/mol. The smallest absolute Gasteiger partial charge is 0.244 e. The van der Waals surface area contributed by atoms with Crippen LogP contribution >= 0.6 is 0 Å². The van der Waals surface area contributed by atoms with Crippen molar-refractivity contribution in [3.8, 4) is 11.4 Å². The van der Waals surface area contributed by atoms with Crippen molar-refractivity contribution in [2.75, 3.05) is 6.26 Å². The molecule has 1 unspecified atom stereocenters. The molecule has 0 saturated carbocycles. The SMILES string of the molecule is CC(NC(=O)Cn1nnc(-c2ccccc2)n1)c1ccc(S(C)(=O)=O)cc1. The molecule has 0 spiro atoms. The Balaban J connectivity index is 1.61. The maximum atomic E-state index is 12.2. The molecule has 2 aromatic carbocycles. The number of tetrazole rings is 1. The van der Waals surface area contributed by atoms with E-state index in [4.69, 9.17) is 0 Å². The van der Waals surface area contributed by atoms with Crippen molar-refractivity contribution in [3.63, 3.8) is 0 Å². The Kier molecular flexibility index (Phi) is 5.31. The summed E-state index contributed by atoms with van der Waals surface area (Å²) in [4.78, 5) is 13.7. The first-order valence-electron chi connectivity index (χ1n) is 8.25. The maximum Gasteiger partial charge on any atom is 0.244 e. The highest BCUT2D eigenvalue weighted by Crippen LogP contribution is 2.16. The quantitative estimate of drug-likeness (QED) is 0.691. The molecule has 0 aliphatic carbocycles. The van der Waals surface area contributed by atoms with Gasteiger partial charge in [0.2, 0.25) is 11.7 Å². The lowest BCUT2D eigenvalue weighted by atomic mass is 10.1. The van der Waals surface area contributed by atoms with Crippen molar-refractivity contribution in [2.45, 2.75) is 24.4 Å². The molecule has 3 aromatic rings. The Morgan fingerprint density at radius 3 is 2.41 bits per heavy atom. The molecule has 140 valence electrons. The molecule has 0 aliphatic heterocycles. The summed E-state index contributed by atoms with van der Waals surface area (Å²) in [6.07, 6.45) is 1.15. The molecule has 1 amide bonds. The number of hydrogen-bond donors (Lipinski definition) is 1. The van der Waals surface area contributed by atoms with Gasteiger partial charge in [0.25, 0.3) is 0 Å². The standard InChI is InChI=1S/C18H19N5O3S/c1-13(14-8-10-16(11-9-14)27(2,25)26)19-17(24)12-23-21-18(20-22-23)15-6-4-3-5-7-15/h3-11,13H,12H2,1-2H3,(H,19,24). The summed E-state index contributed by atoms with van der Waals surface area (Å²) in [5.41, 5.74) is 1.62. The van der Waals surface area contributed by atoms with Crippen LogP contribution < -0.4 is 5.32 Å². The average molecular weight is 385 g/mol. The fourth-order valence-electron chi connectivity index (χ4n) is 2.52. The van der Waals surface area contributed by atoms with Gasteiger partial charge in [-0.3, -0.25) is 4.79 Å². The van der Waals surface area contributed by atoms with Gasteiger partial charge in [0.05, 0.1) is 10.9 Å². The van der Waals surface area contributed by atoms with E-state index in [1.54, 1.807) is 12.1 Å². The number of rotatable bonds is 6. The number of benzene rings is 2. The third kappa shape index (κ3) is 4.76. The first kappa shape index (κ1) is 18.7. The minimum absolute atomic E-state index is 0.0639. The van der Waals surface area contributed by atoms with Crippen LogP contribution in [0.1, 0.15) is 18.5 Å². The zero-order valence-electron chi connectivity index (χ0n) is 14.9. The molecule has 27 heavy (non-hydrogen) atoms. The van der Waals surface area contributed by atoms with Crippen molar-refractivity contribution in [3.05, 3.63) is 60.2 Å². The summed E-state index contributed by atoms with van der Waals surface area (Å²) in [5, 5.41) is 14.9. The Hall–Kier alpha value is -3.07. The van der Waals surface area contributed by atoms with Gasteiger partial charge in [-0.1, -0.05) is 42.5 Å². The van der Waals surface area contributed by atoms with E-state index in [0.29, 0.717) is 5.82 Å². The summed E-state index contributed by atoms with van der Waals surface area (Å²) in [5.74, 6) is 0.180. The molecule has 0 bridgehead atoms. The minimum atomic E-state index is -3.24. The first-order valence-corrected chi connectivity index (χ1v) is 10.1. The minimum Gasteiger partial charge on any atom is -0.348 e. The topological polar surface area (TPSA) is 107 Å². The van der Waals surface area contributed by atoms with E-state index in [-0.39, 0.29) is 23.4 Å². The van der Waals surface area contributed by atoms with Crippen LogP contribution in [0.5, 0.6) is 0 Å². The van der Waals surface area contributed by atoms with Gasteiger partial charge in [-0.2, -0.15) is 4.80 Å². The van der Waals surface area contributed by atoms with Crippen LogP contribution in [-0.2, 0) is 21.2 Å². The van der Waals surface area contributed by atoms with Crippen LogP contribution in [0.4, 0.5) is 0 Å². The van der Waals surface area contributed by atoms with Crippen LogP contribution in [-0.4, -0.2) is 40.8 Å². The number of carbonyl (C=O) groups is 1. The van der Waals surface area contributed by atoms with Gasteiger partial charge in [-0.05, 0) is 29.8 Å². The normalized spacial score (nSPS) is 12.5. The van der Waals surface area contributed by atoms with E-state index in [9.17, 15) is 13.2 Å². The van der Waals surface area contributed by atoms with E-state index in [1.807, 2.05) is 37.3 Å². The second-order valence-electron chi connectivity index (χ2n) is 6.14. The Morgan fingerprint density at radius 1 is 1.11 bits per heavy atom. The summed E-state index contributed by atoms with van der Waals surface area (Å²) in [6, 6.07) is 15.5. The molecule has 3 rings (SSSR count). The molecule has 0 saturated heterocycles. The van der Waals surface area contributed by atoms with Gasteiger partial charge >= 0.3 is 0 Å². The van der Waals surface area contributed by atoms with Gasteiger partial charge in [-0.25, -0.2) is 8.42 Å². The van der Waals surface area contributed by atoms with Gasteiger partial charge in [-0.15, -0.1) is 10.2 Å². The van der Waals surface area contributed by atoms with E-state index in [1.165, 1.54) is 16.9 Å². The highest BCUT2D eigenvalue weighted by Gasteiger charge is 2.14. The monoisotopic (exact) mass is 385 g/mol. The number of nitrogens with zero attached hydrogens (tertiary/aromatic N) is 4. The highest BCUT2D eigenvalue weighted by atomic mass is 32.2. The lowest BCUT2D eigenvalue weighted by Gasteiger charge is -2.14. The molecule has 1 N–H and O–H groups in total. The molecule has 0 aliphatic rings.